The third kappa shape index (κ3) is 2.45. The van der Waals surface area contributed by atoms with E-state index in [0.717, 1.165) is 12.8 Å². The Kier molecular flexibility index (Phi) is 3.67. The first kappa shape index (κ1) is 12.8. The fourth-order valence-corrected chi connectivity index (χ4v) is 4.09. The summed E-state index contributed by atoms with van der Waals surface area (Å²) in [5, 5.41) is 1.30. The van der Waals surface area contributed by atoms with Crippen molar-refractivity contribution in [2.24, 2.45) is 5.73 Å². The molecule has 1 unspecified atom stereocenters. The van der Waals surface area contributed by atoms with E-state index in [0.29, 0.717) is 12.5 Å². The molecule has 1 aliphatic carbocycles. The van der Waals surface area contributed by atoms with Crippen LogP contribution in [0.2, 0.25) is 0 Å². The molecule has 0 saturated carbocycles. The second-order valence-corrected chi connectivity index (χ2v) is 6.30. The average Bonchev–Trinajstić information content (AvgIpc) is 2.90. The van der Waals surface area contributed by atoms with Crippen LogP contribution in [-0.4, -0.2) is 4.98 Å². The molecule has 2 N–H and O–H groups in total. The highest BCUT2D eigenvalue weighted by Gasteiger charge is 2.23. The highest BCUT2D eigenvalue weighted by Crippen LogP contribution is 2.35. The van der Waals surface area contributed by atoms with Crippen LogP contribution in [0.15, 0.2) is 24.3 Å². The lowest BCUT2D eigenvalue weighted by molar-refractivity contribution is 0.580. The predicted octanol–water partition coefficient (Wildman–Crippen LogP) is 3.44. The molecule has 1 heterocycles. The van der Waals surface area contributed by atoms with Crippen molar-refractivity contribution in [1.82, 2.24) is 4.98 Å². The molecule has 3 heteroatoms. The Morgan fingerprint density at radius 1 is 1.32 bits per heavy atom. The second kappa shape index (κ2) is 5.43. The molecule has 1 atom stereocenters. The van der Waals surface area contributed by atoms with E-state index in [9.17, 15) is 0 Å². The number of aryl methyl sites for hydroxylation is 2. The van der Waals surface area contributed by atoms with Gasteiger partial charge in [-0.1, -0.05) is 31.2 Å². The third-order valence-corrected chi connectivity index (χ3v) is 5.29. The quantitative estimate of drug-likeness (QED) is 0.929. The van der Waals surface area contributed by atoms with E-state index >= 15 is 0 Å². The lowest BCUT2D eigenvalue weighted by Crippen LogP contribution is -2.12. The molecule has 0 fully saturated rings. The minimum Gasteiger partial charge on any atom is -0.326 e. The summed E-state index contributed by atoms with van der Waals surface area (Å²) in [5.74, 6) is 0.588. The van der Waals surface area contributed by atoms with Crippen molar-refractivity contribution in [1.29, 1.82) is 0 Å². The average molecular weight is 272 g/mol. The summed E-state index contributed by atoms with van der Waals surface area (Å²) in [6.07, 6.45) is 4.53. The molecule has 0 amide bonds. The maximum Gasteiger partial charge on any atom is 0.0965 e. The lowest BCUT2D eigenvalue weighted by atomic mass is 9.84. The van der Waals surface area contributed by atoms with Crippen molar-refractivity contribution in [2.45, 2.75) is 45.1 Å². The molecule has 2 aromatic rings. The molecular weight excluding hydrogens is 252 g/mol. The summed E-state index contributed by atoms with van der Waals surface area (Å²) >= 11 is 1.83. The van der Waals surface area contributed by atoms with E-state index < -0.39 is 0 Å². The second-order valence-electron chi connectivity index (χ2n) is 5.19. The Morgan fingerprint density at radius 2 is 2.11 bits per heavy atom. The highest BCUT2D eigenvalue weighted by atomic mass is 32.1. The van der Waals surface area contributed by atoms with Gasteiger partial charge >= 0.3 is 0 Å². The Hall–Kier alpha value is -1.19. The molecule has 1 aromatic carbocycles. The number of thiazole rings is 1. The highest BCUT2D eigenvalue weighted by molar-refractivity contribution is 7.11. The normalized spacial score (nSPS) is 18.3. The number of aromatic nitrogens is 1. The Labute approximate surface area is 118 Å². The molecule has 2 nitrogen and oxygen atoms in total. The van der Waals surface area contributed by atoms with Crippen molar-refractivity contribution in [3.05, 3.63) is 51.0 Å². The molecule has 0 radical (unpaired) electrons. The molecule has 0 aliphatic heterocycles. The smallest absolute Gasteiger partial charge is 0.0965 e. The minimum absolute atomic E-state index is 0.588. The molecule has 0 spiro atoms. The Morgan fingerprint density at radius 3 is 2.79 bits per heavy atom. The van der Waals surface area contributed by atoms with Crippen LogP contribution in [-0.2, 0) is 25.8 Å². The van der Waals surface area contributed by atoms with Gasteiger partial charge in [0.25, 0.3) is 0 Å². The first-order valence-electron chi connectivity index (χ1n) is 7.07. The Bertz CT molecular complexity index is 552. The summed E-state index contributed by atoms with van der Waals surface area (Å²) in [7, 11) is 0. The topological polar surface area (TPSA) is 38.9 Å². The standard InChI is InChI=1S/C16H20N2S/c1-2-14-15(10-17)19-16(18-14)13-8-7-11-5-3-4-6-12(11)9-13/h3-6,13H,2,7-10,17H2,1H3. The summed E-state index contributed by atoms with van der Waals surface area (Å²) in [5.41, 5.74) is 10.0. The van der Waals surface area contributed by atoms with Crippen molar-refractivity contribution in [2.75, 3.05) is 0 Å². The summed E-state index contributed by atoms with van der Waals surface area (Å²) in [6.45, 7) is 2.79. The van der Waals surface area contributed by atoms with Gasteiger partial charge in [-0.25, -0.2) is 4.98 Å². The van der Waals surface area contributed by atoms with E-state index in [2.05, 4.69) is 31.2 Å². The van der Waals surface area contributed by atoms with Crippen molar-refractivity contribution in [3.63, 3.8) is 0 Å². The van der Waals surface area contributed by atoms with Crippen molar-refractivity contribution in [3.8, 4) is 0 Å². The van der Waals surface area contributed by atoms with Crippen LogP contribution in [0.5, 0.6) is 0 Å². The van der Waals surface area contributed by atoms with Gasteiger partial charge in [-0.15, -0.1) is 11.3 Å². The maximum absolute atomic E-state index is 5.82. The van der Waals surface area contributed by atoms with Gasteiger partial charge in [0, 0.05) is 17.3 Å². The molecule has 1 aromatic heterocycles. The van der Waals surface area contributed by atoms with Gasteiger partial charge < -0.3 is 5.73 Å². The zero-order chi connectivity index (χ0) is 13.2. The van der Waals surface area contributed by atoms with Crippen LogP contribution in [0.3, 0.4) is 0 Å². The Balaban J connectivity index is 1.86. The summed E-state index contributed by atoms with van der Waals surface area (Å²) in [6, 6.07) is 8.81. The van der Waals surface area contributed by atoms with Crippen LogP contribution in [0.1, 0.15) is 46.0 Å². The van der Waals surface area contributed by atoms with Crippen LogP contribution in [0, 0.1) is 0 Å². The fraction of sp³-hybridized carbons (Fsp3) is 0.438. The van der Waals surface area contributed by atoms with Gasteiger partial charge in [0.1, 0.15) is 0 Å². The number of hydrogen-bond donors (Lipinski definition) is 1. The van der Waals surface area contributed by atoms with Crippen LogP contribution in [0.25, 0.3) is 0 Å². The zero-order valence-electron chi connectivity index (χ0n) is 11.4. The zero-order valence-corrected chi connectivity index (χ0v) is 12.2. The van der Waals surface area contributed by atoms with Crippen molar-refractivity contribution < 1.29 is 0 Å². The van der Waals surface area contributed by atoms with E-state index in [1.54, 1.807) is 0 Å². The molecule has 1 aliphatic rings. The minimum atomic E-state index is 0.588. The van der Waals surface area contributed by atoms with Crippen LogP contribution >= 0.6 is 11.3 Å². The number of hydrogen-bond acceptors (Lipinski definition) is 3. The number of fused-ring (bicyclic) bond motifs is 1. The van der Waals surface area contributed by atoms with E-state index in [1.165, 1.54) is 39.5 Å². The lowest BCUT2D eigenvalue weighted by Gasteiger charge is -2.22. The van der Waals surface area contributed by atoms with Crippen molar-refractivity contribution >= 4 is 11.3 Å². The maximum atomic E-state index is 5.82. The first-order chi connectivity index (χ1) is 9.31. The number of rotatable bonds is 3. The molecule has 3 rings (SSSR count). The van der Waals surface area contributed by atoms with Gasteiger partial charge in [-0.05, 0) is 36.8 Å². The predicted molar refractivity (Wildman–Crippen MR) is 80.6 cm³/mol. The van der Waals surface area contributed by atoms with Gasteiger partial charge in [0.05, 0.1) is 10.7 Å². The number of nitrogens with two attached hydrogens (primary N) is 1. The summed E-state index contributed by atoms with van der Waals surface area (Å²) < 4.78 is 0. The third-order valence-electron chi connectivity index (χ3n) is 4.01. The summed E-state index contributed by atoms with van der Waals surface area (Å²) in [4.78, 5) is 6.11. The van der Waals surface area contributed by atoms with Gasteiger partial charge in [-0.2, -0.15) is 0 Å². The van der Waals surface area contributed by atoms with E-state index in [4.69, 9.17) is 10.7 Å². The van der Waals surface area contributed by atoms with Gasteiger partial charge in [-0.3, -0.25) is 0 Å². The number of benzene rings is 1. The van der Waals surface area contributed by atoms with Gasteiger partial charge in [0.2, 0.25) is 0 Å². The largest absolute Gasteiger partial charge is 0.326 e. The fourth-order valence-electron chi connectivity index (χ4n) is 2.92. The van der Waals surface area contributed by atoms with Crippen LogP contribution < -0.4 is 5.73 Å². The van der Waals surface area contributed by atoms with E-state index in [1.807, 2.05) is 11.3 Å². The molecular formula is C16H20N2S. The molecule has 19 heavy (non-hydrogen) atoms. The van der Waals surface area contributed by atoms with E-state index in [-0.39, 0.29) is 0 Å². The monoisotopic (exact) mass is 272 g/mol. The SMILES string of the molecule is CCc1nc(C2CCc3ccccc3C2)sc1CN. The first-order valence-corrected chi connectivity index (χ1v) is 7.88. The molecule has 0 saturated heterocycles. The van der Waals surface area contributed by atoms with Gasteiger partial charge in [0.15, 0.2) is 0 Å². The number of nitrogens with zero attached hydrogens (tertiary/aromatic N) is 1. The molecule has 100 valence electrons. The van der Waals surface area contributed by atoms with Crippen LogP contribution in [0.4, 0.5) is 0 Å². The molecule has 0 bridgehead atoms.